The minimum Gasteiger partial charge on any atom is -0.311 e. The van der Waals surface area contributed by atoms with Crippen LogP contribution in [0.4, 0.5) is 5.82 Å². The van der Waals surface area contributed by atoms with Gasteiger partial charge in [0.2, 0.25) is 5.91 Å². The van der Waals surface area contributed by atoms with Crippen molar-refractivity contribution in [1.29, 1.82) is 0 Å². The minimum absolute atomic E-state index is 0.0341. The SMILES string of the molecule is O=C(CCc1cccs1)Nc1ccc(Cl)cn1. The number of pyridine rings is 1. The van der Waals surface area contributed by atoms with E-state index < -0.39 is 0 Å². The monoisotopic (exact) mass is 266 g/mol. The number of aromatic nitrogens is 1. The largest absolute Gasteiger partial charge is 0.311 e. The van der Waals surface area contributed by atoms with Crippen LogP contribution in [0, 0.1) is 0 Å². The normalized spacial score (nSPS) is 10.2. The number of halogens is 1. The van der Waals surface area contributed by atoms with Crippen LogP contribution in [0.15, 0.2) is 35.8 Å². The van der Waals surface area contributed by atoms with Crippen LogP contribution in [0.1, 0.15) is 11.3 Å². The van der Waals surface area contributed by atoms with Crippen LogP contribution < -0.4 is 5.32 Å². The number of amides is 1. The lowest BCUT2D eigenvalue weighted by Gasteiger charge is -2.03. The Morgan fingerprint density at radius 1 is 1.41 bits per heavy atom. The van der Waals surface area contributed by atoms with Crippen LogP contribution in [-0.2, 0) is 11.2 Å². The molecule has 0 aliphatic heterocycles. The third-order valence-electron chi connectivity index (χ3n) is 2.17. The van der Waals surface area contributed by atoms with Crippen LogP contribution in [0.5, 0.6) is 0 Å². The van der Waals surface area contributed by atoms with E-state index in [1.165, 1.54) is 11.1 Å². The van der Waals surface area contributed by atoms with Crippen molar-refractivity contribution in [3.63, 3.8) is 0 Å². The number of carbonyl (C=O) groups is 1. The highest BCUT2D eigenvalue weighted by atomic mass is 35.5. The topological polar surface area (TPSA) is 42.0 Å². The molecule has 0 unspecified atom stereocenters. The number of thiophene rings is 1. The molecule has 1 N–H and O–H groups in total. The van der Waals surface area contributed by atoms with Crippen molar-refractivity contribution in [1.82, 2.24) is 4.98 Å². The van der Waals surface area contributed by atoms with Gasteiger partial charge in [-0.25, -0.2) is 4.98 Å². The predicted octanol–water partition coefficient (Wildman–Crippen LogP) is 3.37. The van der Waals surface area contributed by atoms with Crippen LogP contribution in [0.2, 0.25) is 5.02 Å². The summed E-state index contributed by atoms with van der Waals surface area (Å²) < 4.78 is 0. The van der Waals surface area contributed by atoms with Crippen molar-refractivity contribution in [2.75, 3.05) is 5.32 Å². The number of nitrogens with one attached hydrogen (secondary N) is 1. The molecular weight excluding hydrogens is 256 g/mol. The van der Waals surface area contributed by atoms with Crippen LogP contribution in [0.3, 0.4) is 0 Å². The van der Waals surface area contributed by atoms with Crippen molar-refractivity contribution in [3.05, 3.63) is 45.7 Å². The first-order chi connectivity index (χ1) is 8.24. The lowest BCUT2D eigenvalue weighted by molar-refractivity contribution is -0.116. The molecule has 5 heteroatoms. The molecule has 2 heterocycles. The summed E-state index contributed by atoms with van der Waals surface area (Å²) in [6.07, 6.45) is 2.73. The van der Waals surface area contributed by atoms with E-state index in [-0.39, 0.29) is 5.91 Å². The van der Waals surface area contributed by atoms with Crippen molar-refractivity contribution in [2.24, 2.45) is 0 Å². The smallest absolute Gasteiger partial charge is 0.225 e. The fraction of sp³-hybridized carbons (Fsp3) is 0.167. The zero-order valence-electron chi connectivity index (χ0n) is 9.02. The van der Waals surface area contributed by atoms with Gasteiger partial charge in [0.25, 0.3) is 0 Å². The summed E-state index contributed by atoms with van der Waals surface area (Å²) in [5.41, 5.74) is 0. The first-order valence-corrected chi connectivity index (χ1v) is 6.43. The van der Waals surface area contributed by atoms with Crippen molar-refractivity contribution in [2.45, 2.75) is 12.8 Å². The van der Waals surface area contributed by atoms with E-state index in [0.717, 1.165) is 6.42 Å². The number of aryl methyl sites for hydroxylation is 1. The van der Waals surface area contributed by atoms with E-state index in [9.17, 15) is 4.79 Å². The Morgan fingerprint density at radius 2 is 2.29 bits per heavy atom. The van der Waals surface area contributed by atoms with Gasteiger partial charge in [0.05, 0.1) is 5.02 Å². The minimum atomic E-state index is -0.0341. The van der Waals surface area contributed by atoms with Crippen LogP contribution >= 0.6 is 22.9 Å². The first-order valence-electron chi connectivity index (χ1n) is 5.18. The molecule has 0 saturated carbocycles. The fourth-order valence-electron chi connectivity index (χ4n) is 1.35. The quantitative estimate of drug-likeness (QED) is 0.922. The Bertz CT molecular complexity index is 482. The molecule has 0 spiro atoms. The predicted molar refractivity (Wildman–Crippen MR) is 70.5 cm³/mol. The Hall–Kier alpha value is -1.39. The second-order valence-electron chi connectivity index (χ2n) is 3.49. The fourth-order valence-corrected chi connectivity index (χ4v) is 2.17. The second kappa shape index (κ2) is 5.80. The van der Waals surface area contributed by atoms with E-state index in [0.29, 0.717) is 17.3 Å². The summed E-state index contributed by atoms with van der Waals surface area (Å²) >= 11 is 7.36. The molecule has 0 radical (unpaired) electrons. The third-order valence-corrected chi connectivity index (χ3v) is 3.33. The number of hydrogen-bond acceptors (Lipinski definition) is 3. The number of anilines is 1. The molecule has 2 aromatic heterocycles. The first kappa shape index (κ1) is 12.1. The Balaban J connectivity index is 1.83. The summed E-state index contributed by atoms with van der Waals surface area (Å²) in [4.78, 5) is 16.8. The molecule has 3 nitrogen and oxygen atoms in total. The Labute approximate surface area is 108 Å². The zero-order chi connectivity index (χ0) is 12.1. The average Bonchev–Trinajstić information content (AvgIpc) is 2.83. The lowest BCUT2D eigenvalue weighted by atomic mass is 10.2. The van der Waals surface area contributed by atoms with Gasteiger partial charge >= 0.3 is 0 Å². The molecule has 2 aromatic rings. The highest BCUT2D eigenvalue weighted by molar-refractivity contribution is 7.09. The van der Waals surface area contributed by atoms with E-state index >= 15 is 0 Å². The van der Waals surface area contributed by atoms with Crippen LogP contribution in [-0.4, -0.2) is 10.9 Å². The maximum absolute atomic E-state index is 11.6. The van der Waals surface area contributed by atoms with E-state index in [1.54, 1.807) is 23.5 Å². The summed E-state index contributed by atoms with van der Waals surface area (Å²) in [6, 6.07) is 7.39. The zero-order valence-corrected chi connectivity index (χ0v) is 10.6. The van der Waals surface area contributed by atoms with Crippen molar-refractivity contribution >= 4 is 34.7 Å². The molecule has 88 valence electrons. The second-order valence-corrected chi connectivity index (χ2v) is 4.96. The van der Waals surface area contributed by atoms with Gasteiger partial charge in [-0.3, -0.25) is 4.79 Å². The molecule has 0 aliphatic rings. The highest BCUT2D eigenvalue weighted by Gasteiger charge is 2.04. The number of nitrogens with zero attached hydrogens (tertiary/aromatic N) is 1. The summed E-state index contributed by atoms with van der Waals surface area (Å²) in [5, 5.41) is 5.29. The maximum Gasteiger partial charge on any atom is 0.225 e. The molecule has 1 amide bonds. The lowest BCUT2D eigenvalue weighted by Crippen LogP contribution is -2.12. The van der Waals surface area contributed by atoms with E-state index in [1.807, 2.05) is 17.5 Å². The number of rotatable bonds is 4. The van der Waals surface area contributed by atoms with Crippen molar-refractivity contribution in [3.8, 4) is 0 Å². The number of hydrogen-bond donors (Lipinski definition) is 1. The van der Waals surface area contributed by atoms with Crippen LogP contribution in [0.25, 0.3) is 0 Å². The molecule has 0 bridgehead atoms. The molecule has 0 aliphatic carbocycles. The standard InChI is InChI=1S/C12H11ClN2OS/c13-9-3-5-11(14-8-9)15-12(16)6-4-10-2-1-7-17-10/h1-3,5,7-8H,4,6H2,(H,14,15,16). The Kier molecular flexibility index (Phi) is 4.12. The molecule has 0 fully saturated rings. The Morgan fingerprint density at radius 3 is 2.94 bits per heavy atom. The van der Waals surface area contributed by atoms with Gasteiger partial charge in [-0.05, 0) is 30.0 Å². The van der Waals surface area contributed by atoms with Gasteiger partial charge in [-0.1, -0.05) is 17.7 Å². The maximum atomic E-state index is 11.6. The van der Waals surface area contributed by atoms with E-state index in [2.05, 4.69) is 10.3 Å². The van der Waals surface area contributed by atoms with Crippen molar-refractivity contribution < 1.29 is 4.79 Å². The molecule has 0 atom stereocenters. The average molecular weight is 267 g/mol. The van der Waals surface area contributed by atoms with Gasteiger partial charge in [0, 0.05) is 17.5 Å². The van der Waals surface area contributed by atoms with Gasteiger partial charge < -0.3 is 5.32 Å². The summed E-state index contributed by atoms with van der Waals surface area (Å²) in [6.45, 7) is 0. The van der Waals surface area contributed by atoms with Gasteiger partial charge in [0.15, 0.2) is 0 Å². The van der Waals surface area contributed by atoms with Gasteiger partial charge in [-0.15, -0.1) is 11.3 Å². The van der Waals surface area contributed by atoms with E-state index in [4.69, 9.17) is 11.6 Å². The third kappa shape index (κ3) is 3.84. The molecule has 2 rings (SSSR count). The number of carbonyl (C=O) groups excluding carboxylic acids is 1. The van der Waals surface area contributed by atoms with Gasteiger partial charge in [0.1, 0.15) is 5.82 Å². The molecular formula is C12H11ClN2OS. The molecule has 17 heavy (non-hydrogen) atoms. The van der Waals surface area contributed by atoms with Gasteiger partial charge in [-0.2, -0.15) is 0 Å². The summed E-state index contributed by atoms with van der Waals surface area (Å²) in [7, 11) is 0. The molecule has 0 saturated heterocycles. The molecule has 0 aromatic carbocycles. The summed E-state index contributed by atoms with van der Waals surface area (Å²) in [5.74, 6) is 0.499. The highest BCUT2D eigenvalue weighted by Crippen LogP contribution is 2.12.